The van der Waals surface area contributed by atoms with Crippen LogP contribution in [0.1, 0.15) is 19.3 Å². The summed E-state index contributed by atoms with van der Waals surface area (Å²) in [7, 11) is -6.86. The maximum Gasteiger partial charge on any atom is 0.480 e. The van der Waals surface area contributed by atoms with Gasteiger partial charge in [-0.05, 0) is 19.3 Å². The van der Waals surface area contributed by atoms with Crippen molar-refractivity contribution in [1.82, 2.24) is 0 Å². The van der Waals surface area contributed by atoms with Crippen LogP contribution in [0.3, 0.4) is 0 Å². The number of aliphatic hydroxyl groups is 1. The molecule has 154 valence electrons. The van der Waals surface area contributed by atoms with Gasteiger partial charge in [0.1, 0.15) is 0 Å². The summed E-state index contributed by atoms with van der Waals surface area (Å²) in [4.78, 5) is 0. The van der Waals surface area contributed by atoms with E-state index in [1.54, 1.807) is 0 Å². The first-order chi connectivity index (χ1) is 10.8. The molecule has 0 amide bonds. The van der Waals surface area contributed by atoms with Gasteiger partial charge in [-0.3, -0.25) is 0 Å². The topological polar surface area (TPSA) is 103 Å². The van der Waals surface area contributed by atoms with Gasteiger partial charge in [0.05, 0.1) is 27.7 Å². The molecule has 0 bridgehead atoms. The number of aliphatic hydroxyl groups excluding tert-OH is 1. The summed E-state index contributed by atoms with van der Waals surface area (Å²) in [5.74, 6) is 0. The number of halogens is 6. The zero-order valence-corrected chi connectivity index (χ0v) is 15.2. The third-order valence-electron chi connectivity index (χ3n) is 2.27. The third kappa shape index (κ3) is 11.6. The minimum atomic E-state index is -6.72. The van der Waals surface area contributed by atoms with Gasteiger partial charge in [0.15, 0.2) is 20.0 Å². The van der Waals surface area contributed by atoms with E-state index in [0.717, 1.165) is 21.5 Å². The lowest BCUT2D eigenvalue weighted by atomic mass is 10.2. The molecule has 0 aromatic heterocycles. The van der Waals surface area contributed by atoms with Crippen molar-refractivity contribution in [2.75, 3.05) is 34.3 Å². The standard InChI is InChI=1S/C8H20NO.C2F6NO4S2/c1-9(2,3)7-5-4-6-8-10;3-1(4,5)14(10,11)9-15(12,13)2(6,7)8/h10H,4-8H2,1-3H3;/q+1;-1. The predicted molar refractivity (Wildman–Crippen MR) is 77.1 cm³/mol. The molecule has 7 nitrogen and oxygen atoms in total. The van der Waals surface area contributed by atoms with Gasteiger partial charge in [0, 0.05) is 6.61 Å². The molecule has 0 heterocycles. The highest BCUT2D eigenvalue weighted by atomic mass is 32.3. The van der Waals surface area contributed by atoms with Crippen LogP contribution in [0.2, 0.25) is 0 Å². The molecule has 0 aliphatic carbocycles. The Morgan fingerprint density at radius 1 is 0.800 bits per heavy atom. The Morgan fingerprint density at radius 2 is 1.16 bits per heavy atom. The fourth-order valence-corrected chi connectivity index (χ4v) is 2.80. The summed E-state index contributed by atoms with van der Waals surface area (Å²) >= 11 is 0. The molecule has 0 unspecified atom stereocenters. The molecule has 0 fully saturated rings. The van der Waals surface area contributed by atoms with E-state index >= 15 is 0 Å². The molecule has 0 spiro atoms. The van der Waals surface area contributed by atoms with Gasteiger partial charge in [-0.25, -0.2) is 16.8 Å². The van der Waals surface area contributed by atoms with Crippen molar-refractivity contribution in [1.29, 1.82) is 0 Å². The van der Waals surface area contributed by atoms with Gasteiger partial charge in [-0.2, -0.15) is 26.3 Å². The van der Waals surface area contributed by atoms with E-state index in [4.69, 9.17) is 5.11 Å². The maximum atomic E-state index is 11.4. The molecule has 0 atom stereocenters. The van der Waals surface area contributed by atoms with Crippen molar-refractivity contribution in [3.63, 3.8) is 0 Å². The number of rotatable bonds is 7. The minimum absolute atomic E-state index is 0.344. The predicted octanol–water partition coefficient (Wildman–Crippen LogP) is 1.91. The summed E-state index contributed by atoms with van der Waals surface area (Å²) in [6, 6.07) is 0. The Morgan fingerprint density at radius 3 is 1.40 bits per heavy atom. The molecule has 0 aromatic carbocycles. The summed E-state index contributed by atoms with van der Waals surface area (Å²) in [6.07, 6.45) is 3.34. The van der Waals surface area contributed by atoms with Gasteiger partial charge in [-0.1, -0.05) is 0 Å². The summed E-state index contributed by atoms with van der Waals surface area (Å²) < 4.78 is 110. The van der Waals surface area contributed by atoms with Gasteiger partial charge < -0.3 is 13.7 Å². The molecule has 0 aliphatic heterocycles. The van der Waals surface area contributed by atoms with E-state index in [0.29, 0.717) is 6.61 Å². The lowest BCUT2D eigenvalue weighted by molar-refractivity contribution is -0.870. The molecule has 0 aliphatic rings. The van der Waals surface area contributed by atoms with Crippen molar-refractivity contribution in [2.45, 2.75) is 30.3 Å². The van der Waals surface area contributed by atoms with Crippen LogP contribution in [-0.2, 0) is 20.0 Å². The largest absolute Gasteiger partial charge is 0.480 e. The SMILES string of the molecule is C[N+](C)(C)CCCCCO.O=S(=O)([N-]S(=O)(=O)C(F)(F)F)C(F)(F)F. The average molecular weight is 426 g/mol. The van der Waals surface area contributed by atoms with E-state index < -0.39 is 31.1 Å². The fraction of sp³-hybridized carbons (Fsp3) is 1.00. The lowest BCUT2D eigenvalue weighted by Crippen LogP contribution is -2.35. The zero-order chi connectivity index (χ0) is 20.7. The normalized spacial score (nSPS) is 14.0. The molecule has 1 N–H and O–H groups in total. The first-order valence-corrected chi connectivity index (χ1v) is 9.43. The van der Waals surface area contributed by atoms with Gasteiger partial charge >= 0.3 is 11.0 Å². The first-order valence-electron chi connectivity index (χ1n) is 6.55. The lowest BCUT2D eigenvalue weighted by Gasteiger charge is -2.23. The Hall–Kier alpha value is -0.640. The summed E-state index contributed by atoms with van der Waals surface area (Å²) in [6.45, 7) is 1.55. The number of quaternary nitrogens is 1. The van der Waals surface area contributed by atoms with E-state index in [9.17, 15) is 43.2 Å². The van der Waals surface area contributed by atoms with Crippen LogP contribution in [0, 0.1) is 0 Å². The molecule has 0 rings (SSSR count). The van der Waals surface area contributed by atoms with Crippen LogP contribution in [-0.4, -0.2) is 71.7 Å². The van der Waals surface area contributed by atoms with E-state index in [2.05, 4.69) is 21.1 Å². The highest BCUT2D eigenvalue weighted by Crippen LogP contribution is 2.36. The number of alkyl halides is 6. The second-order valence-corrected chi connectivity index (χ2v) is 9.14. The number of unbranched alkanes of at least 4 members (excludes halogenated alkanes) is 2. The van der Waals surface area contributed by atoms with Gasteiger partial charge in [0.2, 0.25) is 0 Å². The molecule has 0 saturated heterocycles. The molecular weight excluding hydrogens is 406 g/mol. The van der Waals surface area contributed by atoms with Crippen LogP contribution in [0.25, 0.3) is 4.13 Å². The van der Waals surface area contributed by atoms with Crippen molar-refractivity contribution in [3.8, 4) is 0 Å². The molecule has 25 heavy (non-hydrogen) atoms. The molecule has 15 heteroatoms. The first kappa shape index (κ1) is 26.6. The highest BCUT2D eigenvalue weighted by Gasteiger charge is 2.46. The number of nitrogens with zero attached hydrogens (tertiary/aromatic N) is 2. The summed E-state index contributed by atoms with van der Waals surface area (Å²) in [5, 5.41) is 8.49. The van der Waals surface area contributed by atoms with Crippen molar-refractivity contribution >= 4 is 20.0 Å². The fourth-order valence-electron chi connectivity index (χ4n) is 1.09. The average Bonchev–Trinajstić information content (AvgIpc) is 2.30. The Labute approximate surface area is 142 Å². The van der Waals surface area contributed by atoms with Crippen LogP contribution < -0.4 is 0 Å². The smallest absolute Gasteiger partial charge is 0.421 e. The Bertz CT molecular complexity index is 551. The second kappa shape index (κ2) is 9.34. The second-order valence-electron chi connectivity index (χ2n) is 5.71. The quantitative estimate of drug-likeness (QED) is 0.381. The van der Waals surface area contributed by atoms with Crippen LogP contribution in [0.5, 0.6) is 0 Å². The molecule has 0 aromatic rings. The van der Waals surface area contributed by atoms with Crippen molar-refractivity contribution < 1.29 is 52.8 Å². The summed E-state index contributed by atoms with van der Waals surface area (Å²) in [5.41, 5.74) is -12.4. The third-order valence-corrected chi connectivity index (χ3v) is 5.01. The van der Waals surface area contributed by atoms with E-state index in [1.165, 1.54) is 13.0 Å². The molecule has 0 radical (unpaired) electrons. The van der Waals surface area contributed by atoms with E-state index in [-0.39, 0.29) is 0 Å². The van der Waals surface area contributed by atoms with Gasteiger partial charge in [-0.15, -0.1) is 0 Å². The molecular formula is C10H20F6N2O5S2. The number of sulfonamides is 2. The number of hydrogen-bond acceptors (Lipinski definition) is 5. The van der Waals surface area contributed by atoms with Gasteiger partial charge in [0.25, 0.3) is 0 Å². The van der Waals surface area contributed by atoms with Crippen molar-refractivity contribution in [3.05, 3.63) is 4.13 Å². The minimum Gasteiger partial charge on any atom is -0.421 e. The zero-order valence-electron chi connectivity index (χ0n) is 13.6. The van der Waals surface area contributed by atoms with Crippen LogP contribution in [0.15, 0.2) is 0 Å². The van der Waals surface area contributed by atoms with Crippen molar-refractivity contribution in [2.24, 2.45) is 0 Å². The monoisotopic (exact) mass is 426 g/mol. The molecule has 0 saturated carbocycles. The number of hydrogen-bond donors (Lipinski definition) is 1. The van der Waals surface area contributed by atoms with Crippen LogP contribution in [0.4, 0.5) is 26.3 Å². The Balaban J connectivity index is 0. The Kier molecular flexibility index (Phi) is 9.93. The van der Waals surface area contributed by atoms with Crippen LogP contribution >= 0.6 is 0 Å². The van der Waals surface area contributed by atoms with E-state index in [1.807, 2.05) is 0 Å². The highest BCUT2D eigenvalue weighted by molar-refractivity contribution is 8.13. The maximum absolute atomic E-state index is 11.4.